The van der Waals surface area contributed by atoms with E-state index in [2.05, 4.69) is 5.38 Å². The maximum Gasteiger partial charge on any atom is 0.330 e. The van der Waals surface area contributed by atoms with Gasteiger partial charge in [0.2, 0.25) is 0 Å². The molecule has 6 heteroatoms. The van der Waals surface area contributed by atoms with E-state index in [1.807, 2.05) is 50.1 Å². The Bertz CT molecular complexity index is 737. The van der Waals surface area contributed by atoms with E-state index in [1.165, 1.54) is 0 Å². The summed E-state index contributed by atoms with van der Waals surface area (Å²) in [6.45, 7) is 6.37. The van der Waals surface area contributed by atoms with Crippen LogP contribution in [0.25, 0.3) is 11.3 Å². The number of carbonyl (C=O) groups is 1. The van der Waals surface area contributed by atoms with Crippen molar-refractivity contribution < 1.29 is 9.63 Å². The third-order valence-electron chi connectivity index (χ3n) is 4.21. The first-order valence-corrected chi connectivity index (χ1v) is 9.81. The largest absolute Gasteiger partial charge is 0.367 e. The summed E-state index contributed by atoms with van der Waals surface area (Å²) in [5, 5.41) is 5.58. The Balaban J connectivity index is 1.79. The molecule has 3 rings (SSSR count). The highest BCUT2D eigenvalue weighted by Crippen LogP contribution is 2.35. The van der Waals surface area contributed by atoms with Crippen LogP contribution in [0.1, 0.15) is 51.1 Å². The predicted octanol–water partition coefficient (Wildman–Crippen LogP) is 5.49. The quantitative estimate of drug-likeness (QED) is 0.707. The van der Waals surface area contributed by atoms with Gasteiger partial charge in [0.25, 0.3) is 0 Å². The molecule has 1 atom stereocenters. The van der Waals surface area contributed by atoms with Gasteiger partial charge in [0.05, 0.1) is 17.2 Å². The fourth-order valence-electron chi connectivity index (χ4n) is 2.70. The molecule has 0 amide bonds. The molecular weight excluding hydrogens is 356 g/mol. The van der Waals surface area contributed by atoms with Crippen LogP contribution in [0.15, 0.2) is 29.6 Å². The average Bonchev–Trinajstić information content (AvgIpc) is 3.05. The van der Waals surface area contributed by atoms with Gasteiger partial charge < -0.3 is 4.84 Å². The van der Waals surface area contributed by atoms with Crippen LogP contribution >= 0.6 is 22.9 Å². The summed E-state index contributed by atoms with van der Waals surface area (Å²) in [5.41, 5.74) is 1.46. The Morgan fingerprint density at radius 3 is 2.68 bits per heavy atom. The number of piperidine rings is 1. The molecule has 0 N–H and O–H groups in total. The Kier molecular flexibility index (Phi) is 5.46. The van der Waals surface area contributed by atoms with Crippen molar-refractivity contribution in [2.24, 2.45) is 5.41 Å². The maximum absolute atomic E-state index is 12.3. The molecule has 134 valence electrons. The number of benzene rings is 1. The number of aromatic nitrogens is 1. The van der Waals surface area contributed by atoms with Crippen LogP contribution in [-0.4, -0.2) is 22.6 Å². The summed E-state index contributed by atoms with van der Waals surface area (Å²) < 4.78 is 0. The average molecular weight is 379 g/mol. The molecule has 4 nitrogen and oxygen atoms in total. The second-order valence-corrected chi connectivity index (χ2v) is 8.69. The molecule has 1 aliphatic rings. The molecule has 0 unspecified atom stereocenters. The van der Waals surface area contributed by atoms with E-state index in [9.17, 15) is 4.79 Å². The van der Waals surface area contributed by atoms with Crippen LogP contribution in [0.5, 0.6) is 0 Å². The van der Waals surface area contributed by atoms with E-state index in [0.717, 1.165) is 42.1 Å². The van der Waals surface area contributed by atoms with Crippen molar-refractivity contribution in [3.63, 3.8) is 0 Å². The van der Waals surface area contributed by atoms with Gasteiger partial charge in [-0.3, -0.25) is 0 Å². The zero-order valence-electron chi connectivity index (χ0n) is 14.8. The van der Waals surface area contributed by atoms with E-state index in [-0.39, 0.29) is 12.0 Å². The lowest BCUT2D eigenvalue weighted by atomic mass is 9.97. The summed E-state index contributed by atoms with van der Waals surface area (Å²) in [6, 6.07) is 7.71. The summed E-state index contributed by atoms with van der Waals surface area (Å²) >= 11 is 7.57. The minimum absolute atomic E-state index is 0.0334. The standard InChI is InChI=1S/C19H23ClN2O2S/c1-19(2,3)18(23)24-22-11-5-4-6-16(22)17-21-15(12-25-17)13-7-9-14(20)10-8-13/h7-10,12,16H,4-6,11H2,1-3H3/t16-/m1/s1. The van der Waals surface area contributed by atoms with Gasteiger partial charge in [-0.05, 0) is 52.2 Å². The first-order valence-electron chi connectivity index (χ1n) is 8.55. The minimum Gasteiger partial charge on any atom is -0.367 e. The molecule has 1 aliphatic heterocycles. The van der Waals surface area contributed by atoms with Gasteiger partial charge >= 0.3 is 5.97 Å². The second-order valence-electron chi connectivity index (χ2n) is 7.36. The minimum atomic E-state index is -0.515. The lowest BCUT2D eigenvalue weighted by Crippen LogP contribution is -2.38. The normalized spacial score (nSPS) is 19.0. The predicted molar refractivity (Wildman–Crippen MR) is 101 cm³/mol. The molecule has 1 saturated heterocycles. The van der Waals surface area contributed by atoms with Gasteiger partial charge in [-0.15, -0.1) is 16.4 Å². The van der Waals surface area contributed by atoms with Crippen molar-refractivity contribution in [2.75, 3.05) is 6.54 Å². The number of thiazole rings is 1. The zero-order valence-corrected chi connectivity index (χ0v) is 16.4. The molecule has 2 aromatic rings. The molecule has 25 heavy (non-hydrogen) atoms. The van der Waals surface area contributed by atoms with Crippen molar-refractivity contribution >= 4 is 28.9 Å². The topological polar surface area (TPSA) is 42.4 Å². The molecule has 0 saturated carbocycles. The van der Waals surface area contributed by atoms with E-state index in [1.54, 1.807) is 11.3 Å². The maximum atomic E-state index is 12.3. The SMILES string of the molecule is CC(C)(C)C(=O)ON1CCCC[C@@H]1c1nc(-c2ccc(Cl)cc2)cs1. The van der Waals surface area contributed by atoms with Crippen LogP contribution in [0, 0.1) is 5.41 Å². The van der Waals surface area contributed by atoms with E-state index in [0.29, 0.717) is 5.02 Å². The summed E-state index contributed by atoms with van der Waals surface area (Å²) in [7, 11) is 0. The number of hydrogen-bond donors (Lipinski definition) is 0. The molecule has 1 aromatic heterocycles. The molecule has 1 fully saturated rings. The number of nitrogens with zero attached hydrogens (tertiary/aromatic N) is 2. The molecule has 0 radical (unpaired) electrons. The fourth-order valence-corrected chi connectivity index (χ4v) is 3.79. The van der Waals surface area contributed by atoms with Gasteiger partial charge in [-0.1, -0.05) is 23.7 Å². The van der Waals surface area contributed by atoms with Crippen molar-refractivity contribution in [1.29, 1.82) is 0 Å². The van der Waals surface area contributed by atoms with Crippen LogP contribution in [0.2, 0.25) is 5.02 Å². The van der Waals surface area contributed by atoms with Crippen molar-refractivity contribution in [1.82, 2.24) is 10.0 Å². The zero-order chi connectivity index (χ0) is 18.0. The Morgan fingerprint density at radius 2 is 2.00 bits per heavy atom. The van der Waals surface area contributed by atoms with Gasteiger partial charge in [-0.2, -0.15) is 0 Å². The van der Waals surface area contributed by atoms with Crippen molar-refractivity contribution in [3.05, 3.63) is 39.7 Å². The molecule has 1 aromatic carbocycles. The van der Waals surface area contributed by atoms with Crippen LogP contribution in [-0.2, 0) is 9.63 Å². The Hall–Kier alpha value is -1.43. The van der Waals surface area contributed by atoms with Crippen molar-refractivity contribution in [3.8, 4) is 11.3 Å². The number of rotatable bonds is 3. The van der Waals surface area contributed by atoms with Gasteiger partial charge in [0.15, 0.2) is 0 Å². The summed E-state index contributed by atoms with van der Waals surface area (Å²) in [4.78, 5) is 22.8. The molecular formula is C19H23ClN2O2S. The second kappa shape index (κ2) is 7.44. The van der Waals surface area contributed by atoms with Gasteiger partial charge in [-0.25, -0.2) is 9.78 Å². The van der Waals surface area contributed by atoms with Crippen molar-refractivity contribution in [2.45, 2.75) is 46.1 Å². The monoisotopic (exact) mass is 378 g/mol. The molecule has 0 bridgehead atoms. The molecule has 0 aliphatic carbocycles. The third-order valence-corrected chi connectivity index (χ3v) is 5.41. The van der Waals surface area contributed by atoms with E-state index < -0.39 is 5.41 Å². The number of hydrogen-bond acceptors (Lipinski definition) is 5. The highest BCUT2D eigenvalue weighted by molar-refractivity contribution is 7.10. The highest BCUT2D eigenvalue weighted by Gasteiger charge is 2.33. The van der Waals surface area contributed by atoms with E-state index in [4.69, 9.17) is 21.4 Å². The van der Waals surface area contributed by atoms with Gasteiger partial charge in [0, 0.05) is 22.5 Å². The molecule has 0 spiro atoms. The van der Waals surface area contributed by atoms with Crippen LogP contribution in [0.4, 0.5) is 0 Å². The van der Waals surface area contributed by atoms with Crippen LogP contribution < -0.4 is 0 Å². The fraction of sp³-hybridized carbons (Fsp3) is 0.474. The summed E-state index contributed by atoms with van der Waals surface area (Å²) in [5.74, 6) is -0.200. The highest BCUT2D eigenvalue weighted by atomic mass is 35.5. The summed E-state index contributed by atoms with van der Waals surface area (Å²) in [6.07, 6.45) is 3.10. The Labute approximate surface area is 157 Å². The first kappa shape index (κ1) is 18.4. The third kappa shape index (κ3) is 4.40. The van der Waals surface area contributed by atoms with E-state index >= 15 is 0 Å². The first-order chi connectivity index (χ1) is 11.8. The number of carbonyl (C=O) groups excluding carboxylic acids is 1. The van der Waals surface area contributed by atoms with Crippen LogP contribution in [0.3, 0.4) is 0 Å². The number of hydroxylamine groups is 2. The van der Waals surface area contributed by atoms with Gasteiger partial charge in [0.1, 0.15) is 5.01 Å². The Morgan fingerprint density at radius 1 is 1.28 bits per heavy atom. The lowest BCUT2D eigenvalue weighted by Gasteiger charge is -2.34. The smallest absolute Gasteiger partial charge is 0.330 e. The molecule has 2 heterocycles. The number of halogens is 1. The lowest BCUT2D eigenvalue weighted by molar-refractivity contribution is -0.218.